The van der Waals surface area contributed by atoms with Crippen LogP contribution >= 0.6 is 0 Å². The maximum absolute atomic E-state index is 4.82. The highest BCUT2D eigenvalue weighted by Crippen LogP contribution is 2.26. The van der Waals surface area contributed by atoms with Gasteiger partial charge in [-0.2, -0.15) is 0 Å². The molecule has 4 rings (SSSR count). The molecule has 0 radical (unpaired) electrons. The summed E-state index contributed by atoms with van der Waals surface area (Å²) < 4.78 is 0. The number of likely N-dealkylation sites (tertiary alicyclic amines) is 1. The van der Waals surface area contributed by atoms with E-state index in [-0.39, 0.29) is 0 Å². The normalized spacial score (nSPS) is 20.2. The SMILES string of the molecule is c1c2c(cc3[nH]c(CN4CCCCC4)nc13)CCCC2. The van der Waals surface area contributed by atoms with Gasteiger partial charge in [-0.15, -0.1) is 0 Å². The van der Waals surface area contributed by atoms with Crippen molar-refractivity contribution in [3.05, 3.63) is 29.1 Å². The van der Waals surface area contributed by atoms with Crippen molar-refractivity contribution in [3.8, 4) is 0 Å². The van der Waals surface area contributed by atoms with E-state index in [1.54, 1.807) is 0 Å². The van der Waals surface area contributed by atoms with E-state index >= 15 is 0 Å². The average molecular weight is 269 g/mol. The quantitative estimate of drug-likeness (QED) is 0.906. The van der Waals surface area contributed by atoms with Crippen molar-refractivity contribution in [2.45, 2.75) is 51.5 Å². The average Bonchev–Trinajstić information content (AvgIpc) is 2.86. The van der Waals surface area contributed by atoms with Crippen molar-refractivity contribution in [2.24, 2.45) is 0 Å². The summed E-state index contributed by atoms with van der Waals surface area (Å²) in [7, 11) is 0. The molecule has 1 aliphatic carbocycles. The molecule has 20 heavy (non-hydrogen) atoms. The minimum absolute atomic E-state index is 0.985. The zero-order valence-electron chi connectivity index (χ0n) is 12.1. The molecule has 0 atom stereocenters. The zero-order chi connectivity index (χ0) is 13.4. The van der Waals surface area contributed by atoms with Crippen LogP contribution in [0.5, 0.6) is 0 Å². The summed E-state index contributed by atoms with van der Waals surface area (Å²) in [4.78, 5) is 10.9. The predicted octanol–water partition coefficient (Wildman–Crippen LogP) is 3.43. The number of aromatic nitrogens is 2. The molecule has 0 unspecified atom stereocenters. The first-order chi connectivity index (χ1) is 9.88. The van der Waals surface area contributed by atoms with Crippen LogP contribution < -0.4 is 0 Å². The van der Waals surface area contributed by atoms with Gasteiger partial charge in [-0.25, -0.2) is 4.98 Å². The number of piperidine rings is 1. The van der Waals surface area contributed by atoms with Crippen LogP contribution in [0.1, 0.15) is 49.1 Å². The maximum Gasteiger partial charge on any atom is 0.121 e. The second-order valence-electron chi connectivity index (χ2n) is 6.37. The van der Waals surface area contributed by atoms with Gasteiger partial charge >= 0.3 is 0 Å². The largest absolute Gasteiger partial charge is 0.341 e. The van der Waals surface area contributed by atoms with E-state index in [9.17, 15) is 0 Å². The Kier molecular flexibility index (Phi) is 3.23. The first-order valence-electron chi connectivity index (χ1n) is 8.11. The molecule has 0 spiro atoms. The van der Waals surface area contributed by atoms with Crippen LogP contribution in [0.25, 0.3) is 11.0 Å². The van der Waals surface area contributed by atoms with E-state index in [1.807, 2.05) is 0 Å². The zero-order valence-corrected chi connectivity index (χ0v) is 12.1. The fourth-order valence-electron chi connectivity index (χ4n) is 3.70. The molecular weight excluding hydrogens is 246 g/mol. The molecule has 3 heteroatoms. The topological polar surface area (TPSA) is 31.9 Å². The van der Waals surface area contributed by atoms with Crippen LogP contribution in [-0.2, 0) is 19.4 Å². The van der Waals surface area contributed by atoms with E-state index in [1.165, 1.54) is 74.7 Å². The number of nitrogens with one attached hydrogen (secondary N) is 1. The Morgan fingerprint density at radius 2 is 1.70 bits per heavy atom. The van der Waals surface area contributed by atoms with Gasteiger partial charge < -0.3 is 4.98 Å². The standard InChI is InChI=1S/C17H23N3/c1-4-8-20(9-5-1)12-17-18-15-10-13-6-2-3-7-14(13)11-16(15)19-17/h10-11H,1-9,12H2,(H,18,19). The van der Waals surface area contributed by atoms with Crippen molar-refractivity contribution >= 4 is 11.0 Å². The summed E-state index contributed by atoms with van der Waals surface area (Å²) in [5.74, 6) is 1.14. The van der Waals surface area contributed by atoms with Crippen LogP contribution in [-0.4, -0.2) is 28.0 Å². The molecule has 1 aromatic heterocycles. The van der Waals surface area contributed by atoms with Crippen molar-refractivity contribution < 1.29 is 0 Å². The van der Waals surface area contributed by atoms with E-state index in [2.05, 4.69) is 22.0 Å². The molecule has 0 saturated carbocycles. The summed E-state index contributed by atoms with van der Waals surface area (Å²) in [5, 5.41) is 0. The Bertz CT molecular complexity index is 565. The molecule has 2 heterocycles. The lowest BCUT2D eigenvalue weighted by atomic mass is 9.91. The number of hydrogen-bond donors (Lipinski definition) is 1. The number of H-pyrrole nitrogens is 1. The summed E-state index contributed by atoms with van der Waals surface area (Å²) in [6, 6.07) is 4.66. The van der Waals surface area contributed by atoms with Crippen molar-refractivity contribution in [1.29, 1.82) is 0 Å². The van der Waals surface area contributed by atoms with E-state index < -0.39 is 0 Å². The van der Waals surface area contributed by atoms with Crippen molar-refractivity contribution in [1.82, 2.24) is 14.9 Å². The van der Waals surface area contributed by atoms with E-state index in [4.69, 9.17) is 4.98 Å². The van der Waals surface area contributed by atoms with E-state index in [0.29, 0.717) is 0 Å². The number of rotatable bonds is 2. The number of fused-ring (bicyclic) bond motifs is 2. The molecule has 0 amide bonds. The number of imidazole rings is 1. The number of aryl methyl sites for hydroxylation is 2. The first kappa shape index (κ1) is 12.4. The summed E-state index contributed by atoms with van der Waals surface area (Å²) in [6.07, 6.45) is 9.23. The number of benzene rings is 1. The molecule has 3 nitrogen and oxygen atoms in total. The maximum atomic E-state index is 4.82. The number of aromatic amines is 1. The fourth-order valence-corrected chi connectivity index (χ4v) is 3.70. The van der Waals surface area contributed by atoms with Gasteiger partial charge in [0.15, 0.2) is 0 Å². The number of nitrogens with zero attached hydrogens (tertiary/aromatic N) is 2. The minimum Gasteiger partial charge on any atom is -0.341 e. The Balaban J connectivity index is 1.61. The first-order valence-corrected chi connectivity index (χ1v) is 8.11. The highest BCUT2D eigenvalue weighted by molar-refractivity contribution is 5.77. The van der Waals surface area contributed by atoms with Crippen LogP contribution in [0.2, 0.25) is 0 Å². The molecule has 0 bridgehead atoms. The van der Waals surface area contributed by atoms with Gasteiger partial charge in [0.05, 0.1) is 17.6 Å². The highest BCUT2D eigenvalue weighted by atomic mass is 15.1. The summed E-state index contributed by atoms with van der Waals surface area (Å²) in [5.41, 5.74) is 5.46. The molecule has 1 saturated heterocycles. The van der Waals surface area contributed by atoms with Gasteiger partial charge in [-0.3, -0.25) is 4.90 Å². The summed E-state index contributed by atoms with van der Waals surface area (Å²) >= 11 is 0. The Morgan fingerprint density at radius 1 is 0.950 bits per heavy atom. The Labute approximate surface area is 120 Å². The lowest BCUT2D eigenvalue weighted by molar-refractivity contribution is 0.216. The Hall–Kier alpha value is -1.35. The minimum atomic E-state index is 0.985. The van der Waals surface area contributed by atoms with Gasteiger partial charge in [-0.05, 0) is 74.9 Å². The highest BCUT2D eigenvalue weighted by Gasteiger charge is 2.15. The van der Waals surface area contributed by atoms with Gasteiger partial charge in [0.2, 0.25) is 0 Å². The smallest absolute Gasteiger partial charge is 0.121 e. The molecule has 2 aliphatic rings. The van der Waals surface area contributed by atoms with Gasteiger partial charge in [-0.1, -0.05) is 6.42 Å². The van der Waals surface area contributed by atoms with Crippen LogP contribution in [0.15, 0.2) is 12.1 Å². The van der Waals surface area contributed by atoms with Gasteiger partial charge in [0, 0.05) is 0 Å². The molecule has 1 N–H and O–H groups in total. The molecular formula is C17H23N3. The lowest BCUT2D eigenvalue weighted by Gasteiger charge is -2.25. The molecule has 1 fully saturated rings. The predicted molar refractivity (Wildman–Crippen MR) is 81.9 cm³/mol. The number of hydrogen-bond acceptors (Lipinski definition) is 2. The Morgan fingerprint density at radius 3 is 2.50 bits per heavy atom. The second kappa shape index (κ2) is 5.21. The third kappa shape index (κ3) is 2.35. The molecule has 1 aliphatic heterocycles. The third-order valence-corrected chi connectivity index (χ3v) is 4.82. The van der Waals surface area contributed by atoms with Gasteiger partial charge in [0.25, 0.3) is 0 Å². The third-order valence-electron chi connectivity index (χ3n) is 4.82. The molecule has 2 aromatic rings. The fraction of sp³-hybridized carbons (Fsp3) is 0.588. The monoisotopic (exact) mass is 269 g/mol. The van der Waals surface area contributed by atoms with Crippen LogP contribution in [0, 0.1) is 0 Å². The van der Waals surface area contributed by atoms with Gasteiger partial charge in [0.1, 0.15) is 5.82 Å². The van der Waals surface area contributed by atoms with E-state index in [0.717, 1.165) is 17.9 Å². The van der Waals surface area contributed by atoms with Crippen molar-refractivity contribution in [3.63, 3.8) is 0 Å². The molecule has 106 valence electrons. The lowest BCUT2D eigenvalue weighted by Crippen LogP contribution is -2.29. The van der Waals surface area contributed by atoms with Crippen LogP contribution in [0.4, 0.5) is 0 Å². The molecule has 1 aromatic carbocycles. The second-order valence-corrected chi connectivity index (χ2v) is 6.37. The summed E-state index contributed by atoms with van der Waals surface area (Å²) in [6.45, 7) is 3.44. The van der Waals surface area contributed by atoms with Crippen LogP contribution in [0.3, 0.4) is 0 Å². The van der Waals surface area contributed by atoms with Crippen molar-refractivity contribution in [2.75, 3.05) is 13.1 Å².